The van der Waals surface area contributed by atoms with Crippen molar-refractivity contribution < 1.29 is 27.4 Å². The van der Waals surface area contributed by atoms with Crippen LogP contribution in [0.5, 0.6) is 23.1 Å². The van der Waals surface area contributed by atoms with Crippen LogP contribution in [0.25, 0.3) is 0 Å². The standard InChI is InChI=1S/C26H30N4O6S/c1-17-14-16-30(26(17,2)3)24-18(9-8-15-27-24)25(31)29-37(32,33)22-13-7-12-21(28-22)36-20-11-6-10-19(34-4)23(20)35-5/h6-13,15,17H,14,16H2,1-5H3,(H,29,31). The zero-order valence-electron chi connectivity index (χ0n) is 21.4. The van der Waals surface area contributed by atoms with Crippen LogP contribution >= 0.6 is 0 Å². The van der Waals surface area contributed by atoms with E-state index >= 15 is 0 Å². The Balaban J connectivity index is 1.59. The van der Waals surface area contributed by atoms with Crippen molar-refractivity contribution in [2.75, 3.05) is 25.7 Å². The Morgan fingerprint density at radius 2 is 1.78 bits per heavy atom. The number of para-hydroxylation sites is 1. The molecule has 0 aliphatic carbocycles. The summed E-state index contributed by atoms with van der Waals surface area (Å²) < 4.78 is 44.8. The molecule has 2 aromatic heterocycles. The minimum atomic E-state index is -4.32. The highest BCUT2D eigenvalue weighted by Gasteiger charge is 2.40. The van der Waals surface area contributed by atoms with Crippen LogP contribution in [0.1, 0.15) is 37.6 Å². The zero-order valence-corrected chi connectivity index (χ0v) is 22.2. The molecular weight excluding hydrogens is 496 g/mol. The minimum Gasteiger partial charge on any atom is -0.493 e. The number of ether oxygens (including phenoxy) is 3. The molecule has 1 amide bonds. The second kappa shape index (κ2) is 10.3. The van der Waals surface area contributed by atoms with Crippen molar-refractivity contribution >= 4 is 21.7 Å². The van der Waals surface area contributed by atoms with Gasteiger partial charge in [-0.2, -0.15) is 13.4 Å². The van der Waals surface area contributed by atoms with Crippen molar-refractivity contribution in [3.63, 3.8) is 0 Å². The number of anilines is 1. The third kappa shape index (κ3) is 5.17. The summed E-state index contributed by atoms with van der Waals surface area (Å²) in [5, 5.41) is -0.374. The van der Waals surface area contributed by atoms with Gasteiger partial charge in [0.2, 0.25) is 11.6 Å². The van der Waals surface area contributed by atoms with Gasteiger partial charge in [0.05, 0.1) is 19.8 Å². The van der Waals surface area contributed by atoms with Gasteiger partial charge >= 0.3 is 0 Å². The number of methoxy groups -OCH3 is 2. The normalized spacial score (nSPS) is 16.8. The molecule has 0 radical (unpaired) electrons. The van der Waals surface area contributed by atoms with E-state index < -0.39 is 15.9 Å². The second-order valence-corrected chi connectivity index (χ2v) is 10.8. The maximum absolute atomic E-state index is 13.2. The topological polar surface area (TPSA) is 120 Å². The Kier molecular flexibility index (Phi) is 7.26. The largest absolute Gasteiger partial charge is 0.493 e. The summed E-state index contributed by atoms with van der Waals surface area (Å²) >= 11 is 0. The second-order valence-electron chi connectivity index (χ2n) is 9.21. The molecule has 1 atom stereocenters. The molecular formula is C26H30N4O6S. The fourth-order valence-electron chi connectivity index (χ4n) is 4.28. The first-order chi connectivity index (χ1) is 17.6. The molecule has 1 aliphatic rings. The number of rotatable bonds is 8. The summed E-state index contributed by atoms with van der Waals surface area (Å²) in [6.07, 6.45) is 2.53. The summed E-state index contributed by atoms with van der Waals surface area (Å²) in [4.78, 5) is 23.8. The molecule has 3 heterocycles. The van der Waals surface area contributed by atoms with Crippen LogP contribution in [-0.4, -0.2) is 50.6 Å². The van der Waals surface area contributed by atoms with Gasteiger partial charge in [-0.3, -0.25) is 4.79 Å². The molecule has 11 heteroatoms. The Morgan fingerprint density at radius 3 is 2.46 bits per heavy atom. The number of nitrogens with one attached hydrogen (secondary N) is 1. The van der Waals surface area contributed by atoms with E-state index in [1.165, 1.54) is 32.4 Å². The molecule has 1 N–H and O–H groups in total. The van der Waals surface area contributed by atoms with Crippen LogP contribution in [0, 0.1) is 5.92 Å². The number of nitrogens with zero attached hydrogens (tertiary/aromatic N) is 3. The van der Waals surface area contributed by atoms with Gasteiger partial charge in [0.1, 0.15) is 5.82 Å². The molecule has 0 spiro atoms. The number of sulfonamides is 1. The molecule has 4 rings (SSSR count). The number of carbonyl (C=O) groups excluding carboxylic acids is 1. The number of hydrogen-bond acceptors (Lipinski definition) is 9. The fraction of sp³-hybridized carbons (Fsp3) is 0.346. The molecule has 1 unspecified atom stereocenters. The summed E-state index contributed by atoms with van der Waals surface area (Å²) in [6, 6.07) is 12.4. The monoisotopic (exact) mass is 526 g/mol. The van der Waals surface area contributed by atoms with E-state index in [-0.39, 0.29) is 27.8 Å². The Labute approximate surface area is 216 Å². The lowest BCUT2D eigenvalue weighted by molar-refractivity contribution is 0.0981. The smallest absolute Gasteiger partial charge is 0.281 e. The number of aromatic nitrogens is 2. The van der Waals surface area contributed by atoms with Crippen molar-refractivity contribution in [3.8, 4) is 23.1 Å². The number of pyridine rings is 2. The molecule has 0 bridgehead atoms. The van der Waals surface area contributed by atoms with Gasteiger partial charge in [-0.1, -0.05) is 19.1 Å². The first-order valence-electron chi connectivity index (χ1n) is 11.7. The Bertz CT molecular complexity index is 1410. The summed E-state index contributed by atoms with van der Waals surface area (Å²) in [6.45, 7) is 7.04. The van der Waals surface area contributed by atoms with Crippen molar-refractivity contribution in [2.24, 2.45) is 5.92 Å². The van der Waals surface area contributed by atoms with E-state index in [2.05, 4.69) is 35.5 Å². The zero-order chi connectivity index (χ0) is 26.8. The quantitative estimate of drug-likeness (QED) is 0.464. The van der Waals surface area contributed by atoms with E-state index in [1.54, 1.807) is 36.5 Å². The van der Waals surface area contributed by atoms with Crippen molar-refractivity contribution in [1.29, 1.82) is 0 Å². The van der Waals surface area contributed by atoms with Gasteiger partial charge in [0.25, 0.3) is 15.9 Å². The Morgan fingerprint density at radius 1 is 1.05 bits per heavy atom. The van der Waals surface area contributed by atoms with Gasteiger partial charge < -0.3 is 19.1 Å². The van der Waals surface area contributed by atoms with Crippen LogP contribution < -0.4 is 23.8 Å². The summed E-state index contributed by atoms with van der Waals surface area (Å²) in [7, 11) is -1.37. The molecule has 37 heavy (non-hydrogen) atoms. The summed E-state index contributed by atoms with van der Waals surface area (Å²) in [5.41, 5.74) is -0.0711. The summed E-state index contributed by atoms with van der Waals surface area (Å²) in [5.74, 6) is 1.09. The third-order valence-electron chi connectivity index (χ3n) is 6.76. The molecule has 0 saturated carbocycles. The molecule has 10 nitrogen and oxygen atoms in total. The van der Waals surface area contributed by atoms with E-state index in [1.807, 2.05) is 4.90 Å². The highest BCUT2D eigenvalue weighted by atomic mass is 32.2. The predicted octanol–water partition coefficient (Wildman–Crippen LogP) is 4.03. The number of amides is 1. The highest BCUT2D eigenvalue weighted by molar-refractivity contribution is 7.90. The minimum absolute atomic E-state index is 0.00301. The van der Waals surface area contributed by atoms with E-state index in [0.29, 0.717) is 29.8 Å². The van der Waals surface area contributed by atoms with Gasteiger partial charge in [0, 0.05) is 24.3 Å². The predicted molar refractivity (Wildman–Crippen MR) is 138 cm³/mol. The SMILES string of the molecule is COc1cccc(Oc2cccc(S(=O)(=O)NC(=O)c3cccnc3N3CCC(C)C3(C)C)n2)c1OC. The lowest BCUT2D eigenvalue weighted by Crippen LogP contribution is -2.43. The average molecular weight is 527 g/mol. The van der Waals surface area contributed by atoms with Crippen LogP contribution in [0.3, 0.4) is 0 Å². The highest BCUT2D eigenvalue weighted by Crippen LogP contribution is 2.39. The number of hydrogen-bond donors (Lipinski definition) is 1. The maximum atomic E-state index is 13.2. The van der Waals surface area contributed by atoms with Crippen molar-refractivity contribution in [1.82, 2.24) is 14.7 Å². The lowest BCUT2D eigenvalue weighted by Gasteiger charge is -2.36. The molecule has 1 aliphatic heterocycles. The van der Waals surface area contributed by atoms with Crippen LogP contribution in [0.4, 0.5) is 5.82 Å². The van der Waals surface area contributed by atoms with Gasteiger partial charge in [-0.25, -0.2) is 9.71 Å². The first-order valence-corrected chi connectivity index (χ1v) is 13.2. The molecule has 3 aromatic rings. The van der Waals surface area contributed by atoms with Crippen molar-refractivity contribution in [2.45, 2.75) is 37.8 Å². The van der Waals surface area contributed by atoms with Crippen LogP contribution in [-0.2, 0) is 10.0 Å². The molecule has 1 saturated heterocycles. The van der Waals surface area contributed by atoms with Gasteiger partial charge in [-0.15, -0.1) is 0 Å². The number of carbonyl (C=O) groups is 1. The number of benzene rings is 1. The Hall–Kier alpha value is -3.86. The van der Waals surface area contributed by atoms with Crippen molar-refractivity contribution in [3.05, 3.63) is 60.3 Å². The molecule has 1 aromatic carbocycles. The van der Waals surface area contributed by atoms with Crippen LogP contribution in [0.2, 0.25) is 0 Å². The van der Waals surface area contributed by atoms with E-state index in [0.717, 1.165) is 6.42 Å². The van der Waals surface area contributed by atoms with E-state index in [4.69, 9.17) is 14.2 Å². The molecule has 1 fully saturated rings. The molecule has 196 valence electrons. The van der Waals surface area contributed by atoms with Crippen LogP contribution in [0.15, 0.2) is 59.8 Å². The first kappa shape index (κ1) is 26.2. The third-order valence-corrected chi connectivity index (χ3v) is 7.99. The van der Waals surface area contributed by atoms with E-state index in [9.17, 15) is 13.2 Å². The van der Waals surface area contributed by atoms with Gasteiger partial charge in [0.15, 0.2) is 16.5 Å². The van der Waals surface area contributed by atoms with Gasteiger partial charge in [-0.05, 0) is 56.5 Å². The fourth-order valence-corrected chi connectivity index (χ4v) is 5.21. The maximum Gasteiger partial charge on any atom is 0.281 e. The average Bonchev–Trinajstić information content (AvgIpc) is 3.15. The lowest BCUT2D eigenvalue weighted by atomic mass is 9.90.